The fourth-order valence-electron chi connectivity index (χ4n) is 2.66. The quantitative estimate of drug-likeness (QED) is 0.529. The zero-order valence-corrected chi connectivity index (χ0v) is 19.4. The molecule has 0 fully saturated rings. The summed E-state index contributed by atoms with van der Waals surface area (Å²) in [6.07, 6.45) is 0. The zero-order valence-electron chi connectivity index (χ0n) is 17.1. The molecule has 0 radical (unpaired) electrons. The third-order valence-corrected chi connectivity index (χ3v) is 5.15. The molecule has 0 aliphatic heterocycles. The number of anilines is 1. The molecule has 0 aliphatic rings. The van der Waals surface area contributed by atoms with Crippen molar-refractivity contribution in [3.8, 4) is 23.0 Å². The van der Waals surface area contributed by atoms with Crippen molar-refractivity contribution in [2.24, 2.45) is 0 Å². The molecule has 0 spiro atoms. The molecule has 2 aromatic rings. The van der Waals surface area contributed by atoms with E-state index < -0.39 is 11.9 Å². The topological polar surface area (TPSA) is 92.3 Å². The molecule has 0 bridgehead atoms. The van der Waals surface area contributed by atoms with Gasteiger partial charge in [0.1, 0.15) is 11.3 Å². The number of esters is 1. The van der Waals surface area contributed by atoms with E-state index in [1.165, 1.54) is 46.6 Å². The van der Waals surface area contributed by atoms with Crippen molar-refractivity contribution in [2.45, 2.75) is 6.92 Å². The molecule has 10 heteroatoms. The highest BCUT2D eigenvalue weighted by Gasteiger charge is 2.24. The number of hydrogen-bond acceptors (Lipinski definition) is 7. The van der Waals surface area contributed by atoms with E-state index in [2.05, 4.69) is 21.2 Å². The van der Waals surface area contributed by atoms with Gasteiger partial charge in [-0.1, -0.05) is 11.6 Å². The van der Waals surface area contributed by atoms with Gasteiger partial charge in [0.25, 0.3) is 5.91 Å². The summed E-state index contributed by atoms with van der Waals surface area (Å²) in [5, 5.41) is 2.83. The van der Waals surface area contributed by atoms with Gasteiger partial charge in [-0.15, -0.1) is 0 Å². The van der Waals surface area contributed by atoms with Crippen molar-refractivity contribution in [1.29, 1.82) is 0 Å². The molecular weight excluding hydrogens is 482 g/mol. The summed E-state index contributed by atoms with van der Waals surface area (Å²) >= 11 is 9.64. The first-order chi connectivity index (χ1) is 14.3. The monoisotopic (exact) mass is 501 g/mol. The second-order valence-electron chi connectivity index (χ2n) is 5.71. The lowest BCUT2D eigenvalue weighted by atomic mass is 10.1. The molecule has 162 valence electrons. The predicted octanol–water partition coefficient (Wildman–Crippen LogP) is 4.57. The summed E-state index contributed by atoms with van der Waals surface area (Å²) in [6, 6.07) is 4.31. The molecule has 0 aromatic heterocycles. The standard InChI is InChI=1S/C20H21BrClNO7/c1-6-30-20(25)10-7-12(22)13(9-14(10)26-2)23-19(24)11-8-15(27-3)17(28-4)18(29-5)16(11)21/h7-9H,6H2,1-5H3,(H,23,24). The van der Waals surface area contributed by atoms with Gasteiger partial charge in [0.05, 0.1) is 55.8 Å². The van der Waals surface area contributed by atoms with E-state index in [1.54, 1.807) is 6.92 Å². The minimum absolute atomic E-state index is 0.135. The largest absolute Gasteiger partial charge is 0.496 e. The van der Waals surface area contributed by atoms with Gasteiger partial charge in [0.15, 0.2) is 11.5 Å². The van der Waals surface area contributed by atoms with E-state index in [4.69, 9.17) is 35.3 Å². The van der Waals surface area contributed by atoms with Crippen LogP contribution in [-0.2, 0) is 4.74 Å². The van der Waals surface area contributed by atoms with Crippen molar-refractivity contribution in [2.75, 3.05) is 40.4 Å². The highest BCUT2D eigenvalue weighted by Crippen LogP contribution is 2.45. The van der Waals surface area contributed by atoms with Gasteiger partial charge < -0.3 is 29.0 Å². The van der Waals surface area contributed by atoms with Crippen LogP contribution >= 0.6 is 27.5 Å². The van der Waals surface area contributed by atoms with Crippen molar-refractivity contribution in [3.63, 3.8) is 0 Å². The van der Waals surface area contributed by atoms with Crippen LogP contribution < -0.4 is 24.3 Å². The average molecular weight is 503 g/mol. The molecule has 0 saturated carbocycles. The van der Waals surface area contributed by atoms with Gasteiger partial charge in [-0.05, 0) is 35.0 Å². The lowest BCUT2D eigenvalue weighted by Crippen LogP contribution is -2.15. The highest BCUT2D eigenvalue weighted by molar-refractivity contribution is 9.10. The van der Waals surface area contributed by atoms with Crippen LogP contribution in [0.5, 0.6) is 23.0 Å². The summed E-state index contributed by atoms with van der Waals surface area (Å²) in [6.45, 7) is 1.89. The Kier molecular flexibility index (Phi) is 8.19. The second kappa shape index (κ2) is 10.4. The number of benzene rings is 2. The van der Waals surface area contributed by atoms with E-state index in [1.807, 2.05) is 0 Å². The molecule has 0 heterocycles. The van der Waals surface area contributed by atoms with Gasteiger partial charge >= 0.3 is 5.97 Å². The van der Waals surface area contributed by atoms with E-state index in [0.29, 0.717) is 21.7 Å². The first-order valence-electron chi connectivity index (χ1n) is 8.67. The Hall–Kier alpha value is -2.65. The Morgan fingerprint density at radius 1 is 0.933 bits per heavy atom. The fourth-order valence-corrected chi connectivity index (χ4v) is 3.51. The average Bonchev–Trinajstić information content (AvgIpc) is 2.74. The van der Waals surface area contributed by atoms with Crippen molar-refractivity contribution < 1.29 is 33.3 Å². The van der Waals surface area contributed by atoms with Crippen molar-refractivity contribution in [1.82, 2.24) is 0 Å². The van der Waals surface area contributed by atoms with Gasteiger partial charge in [0, 0.05) is 6.07 Å². The summed E-state index contributed by atoms with van der Waals surface area (Å²) < 4.78 is 26.6. The first kappa shape index (κ1) is 23.6. The number of ether oxygens (including phenoxy) is 5. The number of amides is 1. The number of rotatable bonds is 8. The Balaban J connectivity index is 2.46. The SMILES string of the molecule is CCOC(=O)c1cc(Cl)c(NC(=O)c2cc(OC)c(OC)c(OC)c2Br)cc1OC. The summed E-state index contributed by atoms with van der Waals surface area (Å²) in [5.74, 6) is 0.0573. The first-order valence-corrected chi connectivity index (χ1v) is 9.84. The van der Waals surface area contributed by atoms with E-state index in [0.717, 1.165) is 0 Å². The van der Waals surface area contributed by atoms with Crippen LogP contribution in [0.15, 0.2) is 22.7 Å². The minimum atomic E-state index is -0.582. The van der Waals surface area contributed by atoms with Crippen LogP contribution in [0.3, 0.4) is 0 Å². The number of methoxy groups -OCH3 is 4. The van der Waals surface area contributed by atoms with Crippen LogP contribution in [0.4, 0.5) is 5.69 Å². The Bertz CT molecular complexity index is 965. The van der Waals surface area contributed by atoms with Gasteiger partial charge in [-0.25, -0.2) is 4.79 Å². The normalized spacial score (nSPS) is 10.2. The number of carbonyl (C=O) groups is 2. The minimum Gasteiger partial charge on any atom is -0.496 e. The third kappa shape index (κ3) is 4.73. The lowest BCUT2D eigenvalue weighted by molar-refractivity contribution is 0.0522. The van der Waals surface area contributed by atoms with Crippen LogP contribution in [-0.4, -0.2) is 46.9 Å². The van der Waals surface area contributed by atoms with Crippen LogP contribution in [0, 0.1) is 0 Å². The molecule has 2 rings (SSSR count). The molecule has 2 aromatic carbocycles. The molecule has 0 aliphatic carbocycles. The lowest BCUT2D eigenvalue weighted by Gasteiger charge is -2.17. The number of nitrogens with one attached hydrogen (secondary N) is 1. The smallest absolute Gasteiger partial charge is 0.341 e. The predicted molar refractivity (Wildman–Crippen MR) is 116 cm³/mol. The Morgan fingerprint density at radius 2 is 1.57 bits per heavy atom. The summed E-state index contributed by atoms with van der Waals surface area (Å²) in [5.41, 5.74) is 0.609. The maximum atomic E-state index is 13.0. The number of halogens is 2. The van der Waals surface area contributed by atoms with Crippen molar-refractivity contribution in [3.05, 3.63) is 38.8 Å². The van der Waals surface area contributed by atoms with Gasteiger partial charge in [0.2, 0.25) is 5.75 Å². The molecule has 0 atom stereocenters. The van der Waals surface area contributed by atoms with Gasteiger partial charge in [-0.3, -0.25) is 4.79 Å². The molecule has 0 saturated heterocycles. The van der Waals surface area contributed by atoms with Crippen molar-refractivity contribution >= 4 is 45.1 Å². The number of hydrogen-bond donors (Lipinski definition) is 1. The molecular formula is C20H21BrClNO7. The summed E-state index contributed by atoms with van der Waals surface area (Å²) in [4.78, 5) is 25.0. The molecule has 1 N–H and O–H groups in total. The van der Waals surface area contributed by atoms with Crippen LogP contribution in [0.25, 0.3) is 0 Å². The van der Waals surface area contributed by atoms with E-state index in [9.17, 15) is 9.59 Å². The van der Waals surface area contributed by atoms with E-state index in [-0.39, 0.29) is 34.2 Å². The second-order valence-corrected chi connectivity index (χ2v) is 6.91. The summed E-state index contributed by atoms with van der Waals surface area (Å²) in [7, 11) is 5.75. The van der Waals surface area contributed by atoms with Crippen LogP contribution in [0.1, 0.15) is 27.6 Å². The molecule has 8 nitrogen and oxygen atoms in total. The zero-order chi connectivity index (χ0) is 22.4. The Morgan fingerprint density at radius 3 is 2.10 bits per heavy atom. The maximum absolute atomic E-state index is 13.0. The van der Waals surface area contributed by atoms with Crippen LogP contribution in [0.2, 0.25) is 5.02 Å². The number of carbonyl (C=O) groups excluding carboxylic acids is 2. The molecule has 1 amide bonds. The van der Waals surface area contributed by atoms with E-state index >= 15 is 0 Å². The maximum Gasteiger partial charge on any atom is 0.341 e. The molecule has 30 heavy (non-hydrogen) atoms. The molecule has 0 unspecified atom stereocenters. The van der Waals surface area contributed by atoms with Gasteiger partial charge in [-0.2, -0.15) is 0 Å². The Labute approximate surface area is 187 Å². The third-order valence-electron chi connectivity index (χ3n) is 4.05. The highest BCUT2D eigenvalue weighted by atomic mass is 79.9. The fraction of sp³-hybridized carbons (Fsp3) is 0.300.